The van der Waals surface area contributed by atoms with E-state index in [1.165, 1.54) is 6.20 Å². The Morgan fingerprint density at radius 3 is 2.75 bits per heavy atom. The van der Waals surface area contributed by atoms with Gasteiger partial charge >= 0.3 is 5.97 Å². The SMILES string of the molecule is Cc1ncc(C(=O)O)c(-c2ccccn2)n1. The molecule has 2 aromatic rings. The van der Waals surface area contributed by atoms with Crippen molar-refractivity contribution in [1.29, 1.82) is 0 Å². The number of carbonyl (C=O) groups is 1. The van der Waals surface area contributed by atoms with Crippen molar-refractivity contribution in [3.05, 3.63) is 42.0 Å². The summed E-state index contributed by atoms with van der Waals surface area (Å²) in [6.07, 6.45) is 2.90. The zero-order valence-electron chi connectivity index (χ0n) is 8.58. The highest BCUT2D eigenvalue weighted by Crippen LogP contribution is 2.18. The van der Waals surface area contributed by atoms with E-state index in [-0.39, 0.29) is 5.56 Å². The third kappa shape index (κ3) is 1.88. The lowest BCUT2D eigenvalue weighted by molar-refractivity contribution is 0.0697. The van der Waals surface area contributed by atoms with Crippen molar-refractivity contribution < 1.29 is 9.90 Å². The topological polar surface area (TPSA) is 76.0 Å². The number of hydrogen-bond acceptors (Lipinski definition) is 4. The van der Waals surface area contributed by atoms with E-state index in [2.05, 4.69) is 15.0 Å². The molecule has 0 aromatic carbocycles. The Hall–Kier alpha value is -2.30. The van der Waals surface area contributed by atoms with Gasteiger partial charge < -0.3 is 5.11 Å². The molecular formula is C11H9N3O2. The van der Waals surface area contributed by atoms with Crippen LogP contribution in [-0.2, 0) is 0 Å². The van der Waals surface area contributed by atoms with Crippen molar-refractivity contribution in [2.24, 2.45) is 0 Å². The quantitative estimate of drug-likeness (QED) is 0.822. The van der Waals surface area contributed by atoms with Gasteiger partial charge in [-0.2, -0.15) is 0 Å². The molecule has 0 aliphatic heterocycles. The van der Waals surface area contributed by atoms with Crippen LogP contribution in [0.4, 0.5) is 0 Å². The van der Waals surface area contributed by atoms with Gasteiger partial charge in [-0.25, -0.2) is 14.8 Å². The molecule has 80 valence electrons. The van der Waals surface area contributed by atoms with E-state index in [0.717, 1.165) is 0 Å². The number of nitrogens with zero attached hydrogens (tertiary/aromatic N) is 3. The first-order valence-corrected chi connectivity index (χ1v) is 4.67. The van der Waals surface area contributed by atoms with Crippen molar-refractivity contribution in [3.8, 4) is 11.4 Å². The Balaban J connectivity index is 2.63. The summed E-state index contributed by atoms with van der Waals surface area (Å²) in [5.41, 5.74) is 0.940. The van der Waals surface area contributed by atoms with Crippen molar-refractivity contribution in [2.45, 2.75) is 6.92 Å². The van der Waals surface area contributed by atoms with E-state index >= 15 is 0 Å². The normalized spacial score (nSPS) is 10.1. The highest BCUT2D eigenvalue weighted by atomic mass is 16.4. The number of carboxylic acid groups (broad SMARTS) is 1. The van der Waals surface area contributed by atoms with E-state index < -0.39 is 5.97 Å². The molecule has 0 bridgehead atoms. The van der Waals surface area contributed by atoms with Crippen LogP contribution in [0.15, 0.2) is 30.6 Å². The minimum atomic E-state index is -1.05. The summed E-state index contributed by atoms with van der Waals surface area (Å²) in [5, 5.41) is 9.01. The zero-order chi connectivity index (χ0) is 11.5. The number of aryl methyl sites for hydroxylation is 1. The Morgan fingerprint density at radius 2 is 2.12 bits per heavy atom. The molecule has 0 aliphatic carbocycles. The van der Waals surface area contributed by atoms with E-state index in [0.29, 0.717) is 17.2 Å². The van der Waals surface area contributed by atoms with Gasteiger partial charge in [0, 0.05) is 12.4 Å². The lowest BCUT2D eigenvalue weighted by atomic mass is 10.1. The molecular weight excluding hydrogens is 206 g/mol. The average molecular weight is 215 g/mol. The van der Waals surface area contributed by atoms with Crippen LogP contribution in [0.2, 0.25) is 0 Å². The van der Waals surface area contributed by atoms with Gasteiger partial charge in [0.05, 0.1) is 5.69 Å². The van der Waals surface area contributed by atoms with Crippen LogP contribution in [0, 0.1) is 6.92 Å². The number of carboxylic acids is 1. The fraction of sp³-hybridized carbons (Fsp3) is 0.0909. The summed E-state index contributed by atoms with van der Waals surface area (Å²) in [4.78, 5) is 23.1. The van der Waals surface area contributed by atoms with Gasteiger partial charge in [0.25, 0.3) is 0 Å². The molecule has 0 aliphatic rings. The number of aromatic nitrogens is 3. The van der Waals surface area contributed by atoms with E-state index in [4.69, 9.17) is 5.11 Å². The summed E-state index contributed by atoms with van der Waals surface area (Å²) in [5.74, 6) is -0.536. The van der Waals surface area contributed by atoms with Gasteiger partial charge in [-0.05, 0) is 19.1 Å². The Labute approximate surface area is 91.8 Å². The molecule has 0 saturated heterocycles. The highest BCUT2D eigenvalue weighted by molar-refractivity contribution is 5.93. The highest BCUT2D eigenvalue weighted by Gasteiger charge is 2.14. The lowest BCUT2D eigenvalue weighted by Crippen LogP contribution is -2.05. The second-order valence-corrected chi connectivity index (χ2v) is 3.20. The third-order valence-corrected chi connectivity index (χ3v) is 2.05. The summed E-state index contributed by atoms with van der Waals surface area (Å²) in [6, 6.07) is 5.26. The van der Waals surface area contributed by atoms with Crippen LogP contribution in [-0.4, -0.2) is 26.0 Å². The van der Waals surface area contributed by atoms with Crippen LogP contribution in [0.25, 0.3) is 11.4 Å². The molecule has 1 N–H and O–H groups in total. The van der Waals surface area contributed by atoms with Crippen molar-refractivity contribution >= 4 is 5.97 Å². The lowest BCUT2D eigenvalue weighted by Gasteiger charge is -2.04. The second-order valence-electron chi connectivity index (χ2n) is 3.20. The first kappa shape index (κ1) is 10.2. The van der Waals surface area contributed by atoms with E-state index in [9.17, 15) is 4.79 Å². The summed E-state index contributed by atoms with van der Waals surface area (Å²) in [6.45, 7) is 1.71. The van der Waals surface area contributed by atoms with Crippen LogP contribution in [0.5, 0.6) is 0 Å². The number of aromatic carboxylic acids is 1. The fourth-order valence-corrected chi connectivity index (χ4v) is 1.32. The molecule has 5 heteroatoms. The summed E-state index contributed by atoms with van der Waals surface area (Å²) < 4.78 is 0. The maximum absolute atomic E-state index is 11.0. The smallest absolute Gasteiger partial charge is 0.339 e. The Kier molecular flexibility index (Phi) is 2.59. The first-order chi connectivity index (χ1) is 7.68. The molecule has 5 nitrogen and oxygen atoms in total. The van der Waals surface area contributed by atoms with Crippen molar-refractivity contribution in [1.82, 2.24) is 15.0 Å². The molecule has 0 saturated carbocycles. The maximum atomic E-state index is 11.0. The molecule has 0 fully saturated rings. The number of hydrogen-bond donors (Lipinski definition) is 1. The van der Waals surface area contributed by atoms with E-state index in [1.54, 1.807) is 31.3 Å². The van der Waals surface area contributed by atoms with Gasteiger partial charge in [0.2, 0.25) is 0 Å². The summed E-state index contributed by atoms with van der Waals surface area (Å²) in [7, 11) is 0. The molecule has 0 unspecified atom stereocenters. The molecule has 2 aromatic heterocycles. The first-order valence-electron chi connectivity index (χ1n) is 4.67. The van der Waals surface area contributed by atoms with Gasteiger partial charge in [-0.15, -0.1) is 0 Å². The average Bonchev–Trinajstić information content (AvgIpc) is 2.29. The maximum Gasteiger partial charge on any atom is 0.339 e. The third-order valence-electron chi connectivity index (χ3n) is 2.05. The molecule has 0 atom stereocenters. The molecule has 0 amide bonds. The van der Waals surface area contributed by atoms with Crippen LogP contribution >= 0.6 is 0 Å². The molecule has 2 rings (SSSR count). The minimum Gasteiger partial charge on any atom is -0.478 e. The minimum absolute atomic E-state index is 0.0595. The predicted molar refractivity (Wildman–Crippen MR) is 57.0 cm³/mol. The van der Waals surface area contributed by atoms with Crippen LogP contribution in [0.1, 0.15) is 16.2 Å². The largest absolute Gasteiger partial charge is 0.478 e. The predicted octanol–water partition coefficient (Wildman–Crippen LogP) is 1.55. The number of rotatable bonds is 2. The monoisotopic (exact) mass is 215 g/mol. The Bertz CT molecular complexity index is 526. The van der Waals surface area contributed by atoms with E-state index in [1.807, 2.05) is 0 Å². The standard InChI is InChI=1S/C11H9N3O2/c1-7-13-6-8(11(15)16)10(14-7)9-4-2-3-5-12-9/h2-6H,1H3,(H,15,16). The molecule has 2 heterocycles. The zero-order valence-corrected chi connectivity index (χ0v) is 8.58. The van der Waals surface area contributed by atoms with Gasteiger partial charge in [-0.3, -0.25) is 4.98 Å². The molecule has 0 radical (unpaired) electrons. The van der Waals surface area contributed by atoms with Crippen molar-refractivity contribution in [3.63, 3.8) is 0 Å². The Morgan fingerprint density at radius 1 is 1.31 bits per heavy atom. The van der Waals surface area contributed by atoms with Gasteiger partial charge in [0.15, 0.2) is 0 Å². The molecule has 0 spiro atoms. The van der Waals surface area contributed by atoms with Crippen molar-refractivity contribution in [2.75, 3.05) is 0 Å². The molecule has 16 heavy (non-hydrogen) atoms. The fourth-order valence-electron chi connectivity index (χ4n) is 1.32. The second kappa shape index (κ2) is 4.06. The van der Waals surface area contributed by atoms with Crippen LogP contribution < -0.4 is 0 Å². The van der Waals surface area contributed by atoms with Gasteiger partial charge in [0.1, 0.15) is 17.1 Å². The number of pyridine rings is 1. The summed E-state index contributed by atoms with van der Waals surface area (Å²) >= 11 is 0. The van der Waals surface area contributed by atoms with Gasteiger partial charge in [-0.1, -0.05) is 6.07 Å². The van der Waals surface area contributed by atoms with Crippen LogP contribution in [0.3, 0.4) is 0 Å².